The smallest absolute Gasteiger partial charge is 0.257 e. The summed E-state index contributed by atoms with van der Waals surface area (Å²) in [5, 5.41) is 2.80. The molecule has 0 saturated heterocycles. The molecule has 3 N–H and O–H groups in total. The first-order valence-electron chi connectivity index (χ1n) is 6.39. The summed E-state index contributed by atoms with van der Waals surface area (Å²) in [6.45, 7) is 1.04. The normalized spacial score (nSPS) is 12.8. The highest BCUT2D eigenvalue weighted by molar-refractivity contribution is 9.10. The number of carbonyl (C=O) groups is 1. The lowest BCUT2D eigenvalue weighted by Crippen LogP contribution is -2.17. The van der Waals surface area contributed by atoms with Crippen LogP contribution in [0.15, 0.2) is 40.9 Å². The van der Waals surface area contributed by atoms with Crippen molar-refractivity contribution in [1.29, 1.82) is 0 Å². The Hall–Kier alpha value is -2.21. The van der Waals surface area contributed by atoms with E-state index in [1.54, 1.807) is 36.4 Å². The third-order valence-electron chi connectivity index (χ3n) is 3.06. The van der Waals surface area contributed by atoms with Crippen molar-refractivity contribution in [3.05, 3.63) is 46.4 Å². The molecule has 1 amide bonds. The highest BCUT2D eigenvalue weighted by Crippen LogP contribution is 2.32. The van der Waals surface area contributed by atoms with Crippen LogP contribution in [-0.2, 0) is 0 Å². The van der Waals surface area contributed by atoms with Crippen LogP contribution in [0.3, 0.4) is 0 Å². The second-order valence-corrected chi connectivity index (χ2v) is 5.46. The van der Waals surface area contributed by atoms with Crippen LogP contribution < -0.4 is 20.5 Å². The van der Waals surface area contributed by atoms with Crippen molar-refractivity contribution in [3.63, 3.8) is 0 Å². The van der Waals surface area contributed by atoms with Crippen LogP contribution in [0.2, 0.25) is 0 Å². The van der Waals surface area contributed by atoms with Gasteiger partial charge in [-0.3, -0.25) is 4.79 Å². The van der Waals surface area contributed by atoms with Gasteiger partial charge in [-0.15, -0.1) is 0 Å². The van der Waals surface area contributed by atoms with Crippen molar-refractivity contribution in [2.24, 2.45) is 0 Å². The molecule has 21 heavy (non-hydrogen) atoms. The second-order valence-electron chi connectivity index (χ2n) is 4.54. The van der Waals surface area contributed by atoms with Gasteiger partial charge in [0.2, 0.25) is 0 Å². The number of nitrogen functional groups attached to an aromatic ring is 1. The molecule has 3 rings (SSSR count). The van der Waals surface area contributed by atoms with Crippen LogP contribution in [0.25, 0.3) is 0 Å². The number of benzene rings is 2. The molecule has 0 fully saturated rings. The standard InChI is InChI=1S/C15H13BrN2O3/c16-9-1-3-11(12(17)7-9)15(19)18-10-2-4-13-14(8-10)21-6-5-20-13/h1-4,7-8H,5-6,17H2,(H,18,19). The van der Waals surface area contributed by atoms with Gasteiger partial charge in [0.1, 0.15) is 13.2 Å². The van der Waals surface area contributed by atoms with Gasteiger partial charge in [-0.05, 0) is 30.3 Å². The third-order valence-corrected chi connectivity index (χ3v) is 3.55. The summed E-state index contributed by atoms with van der Waals surface area (Å²) in [7, 11) is 0. The van der Waals surface area contributed by atoms with E-state index in [0.29, 0.717) is 41.7 Å². The highest BCUT2D eigenvalue weighted by atomic mass is 79.9. The summed E-state index contributed by atoms with van der Waals surface area (Å²) in [6, 6.07) is 10.4. The number of nitrogens with one attached hydrogen (secondary N) is 1. The SMILES string of the molecule is Nc1cc(Br)ccc1C(=O)Nc1ccc2c(c1)OCCO2. The third kappa shape index (κ3) is 2.95. The lowest BCUT2D eigenvalue weighted by molar-refractivity contribution is 0.102. The van der Waals surface area contributed by atoms with E-state index in [2.05, 4.69) is 21.2 Å². The average molecular weight is 349 g/mol. The predicted molar refractivity (Wildman–Crippen MR) is 83.9 cm³/mol. The maximum Gasteiger partial charge on any atom is 0.257 e. The van der Waals surface area contributed by atoms with Crippen molar-refractivity contribution in [3.8, 4) is 11.5 Å². The van der Waals surface area contributed by atoms with E-state index in [9.17, 15) is 4.79 Å². The molecule has 0 spiro atoms. The molecule has 2 aromatic carbocycles. The lowest BCUT2D eigenvalue weighted by Gasteiger charge is -2.19. The van der Waals surface area contributed by atoms with Crippen molar-refractivity contribution in [2.75, 3.05) is 24.3 Å². The van der Waals surface area contributed by atoms with E-state index in [0.717, 1.165) is 4.47 Å². The number of rotatable bonds is 2. The number of nitrogens with two attached hydrogens (primary N) is 1. The molecule has 108 valence electrons. The predicted octanol–water partition coefficient (Wildman–Crippen LogP) is 3.05. The van der Waals surface area contributed by atoms with Gasteiger partial charge >= 0.3 is 0 Å². The molecule has 6 heteroatoms. The van der Waals surface area contributed by atoms with E-state index < -0.39 is 0 Å². The first-order valence-corrected chi connectivity index (χ1v) is 7.19. The summed E-state index contributed by atoms with van der Waals surface area (Å²) >= 11 is 3.31. The molecule has 0 unspecified atom stereocenters. The zero-order valence-electron chi connectivity index (χ0n) is 11.1. The molecule has 2 aromatic rings. The minimum Gasteiger partial charge on any atom is -0.486 e. The number of hydrogen-bond donors (Lipinski definition) is 2. The number of carbonyl (C=O) groups excluding carboxylic acids is 1. The molecule has 0 aliphatic carbocycles. The first-order chi connectivity index (χ1) is 10.1. The number of halogens is 1. The Morgan fingerprint density at radius 3 is 2.62 bits per heavy atom. The van der Waals surface area contributed by atoms with E-state index in [4.69, 9.17) is 15.2 Å². The molecule has 1 heterocycles. The molecule has 0 saturated carbocycles. The van der Waals surface area contributed by atoms with Gasteiger partial charge in [0.15, 0.2) is 11.5 Å². The van der Waals surface area contributed by atoms with Gasteiger partial charge in [-0.1, -0.05) is 15.9 Å². The molecular weight excluding hydrogens is 336 g/mol. The molecule has 1 aliphatic heterocycles. The van der Waals surface area contributed by atoms with Crippen LogP contribution in [0.4, 0.5) is 11.4 Å². The summed E-state index contributed by atoms with van der Waals surface area (Å²) in [5.41, 5.74) is 7.32. The van der Waals surface area contributed by atoms with Gasteiger partial charge in [-0.25, -0.2) is 0 Å². The van der Waals surface area contributed by atoms with Gasteiger partial charge in [0, 0.05) is 21.9 Å². The number of ether oxygens (including phenoxy) is 2. The largest absolute Gasteiger partial charge is 0.486 e. The topological polar surface area (TPSA) is 73.6 Å². The van der Waals surface area contributed by atoms with Gasteiger partial charge < -0.3 is 20.5 Å². The minimum atomic E-state index is -0.267. The Morgan fingerprint density at radius 1 is 1.10 bits per heavy atom. The highest BCUT2D eigenvalue weighted by Gasteiger charge is 2.14. The van der Waals surface area contributed by atoms with Crippen LogP contribution in [0.1, 0.15) is 10.4 Å². The van der Waals surface area contributed by atoms with Crippen molar-refractivity contribution in [2.45, 2.75) is 0 Å². The number of hydrogen-bond acceptors (Lipinski definition) is 4. The Labute approximate surface area is 130 Å². The monoisotopic (exact) mass is 348 g/mol. The second kappa shape index (κ2) is 5.65. The quantitative estimate of drug-likeness (QED) is 0.818. The van der Waals surface area contributed by atoms with Crippen molar-refractivity contribution >= 4 is 33.2 Å². The molecule has 1 aliphatic rings. The van der Waals surface area contributed by atoms with Crippen LogP contribution >= 0.6 is 15.9 Å². The fraction of sp³-hybridized carbons (Fsp3) is 0.133. The Bertz CT molecular complexity index is 703. The van der Waals surface area contributed by atoms with E-state index in [1.807, 2.05) is 0 Å². The number of fused-ring (bicyclic) bond motifs is 1. The molecule has 0 bridgehead atoms. The summed E-state index contributed by atoms with van der Waals surface area (Å²) < 4.78 is 11.8. The number of amides is 1. The fourth-order valence-electron chi connectivity index (χ4n) is 2.06. The summed E-state index contributed by atoms with van der Waals surface area (Å²) in [6.07, 6.45) is 0. The average Bonchev–Trinajstić information content (AvgIpc) is 2.47. The van der Waals surface area contributed by atoms with Crippen molar-refractivity contribution < 1.29 is 14.3 Å². The van der Waals surface area contributed by atoms with Crippen LogP contribution in [-0.4, -0.2) is 19.1 Å². The van der Waals surface area contributed by atoms with Crippen LogP contribution in [0, 0.1) is 0 Å². The Kier molecular flexibility index (Phi) is 3.70. The first kappa shape index (κ1) is 13.8. The lowest BCUT2D eigenvalue weighted by atomic mass is 10.1. The maximum absolute atomic E-state index is 12.2. The van der Waals surface area contributed by atoms with E-state index in [1.165, 1.54) is 0 Å². The molecule has 0 aromatic heterocycles. The Balaban J connectivity index is 1.81. The maximum atomic E-state index is 12.2. The van der Waals surface area contributed by atoms with Gasteiger partial charge in [0.25, 0.3) is 5.91 Å². The zero-order chi connectivity index (χ0) is 14.8. The summed E-state index contributed by atoms with van der Waals surface area (Å²) in [5.74, 6) is 1.04. The van der Waals surface area contributed by atoms with Gasteiger partial charge in [-0.2, -0.15) is 0 Å². The Morgan fingerprint density at radius 2 is 1.86 bits per heavy atom. The van der Waals surface area contributed by atoms with E-state index in [-0.39, 0.29) is 5.91 Å². The fourth-order valence-corrected chi connectivity index (χ4v) is 2.44. The molecule has 0 atom stereocenters. The summed E-state index contributed by atoms with van der Waals surface area (Å²) in [4.78, 5) is 12.2. The minimum absolute atomic E-state index is 0.267. The van der Waals surface area contributed by atoms with Gasteiger partial charge in [0.05, 0.1) is 5.56 Å². The molecule has 5 nitrogen and oxygen atoms in total. The van der Waals surface area contributed by atoms with Crippen molar-refractivity contribution in [1.82, 2.24) is 0 Å². The molecule has 0 radical (unpaired) electrons. The number of anilines is 2. The van der Waals surface area contributed by atoms with Crippen LogP contribution in [0.5, 0.6) is 11.5 Å². The molecular formula is C15H13BrN2O3. The van der Waals surface area contributed by atoms with E-state index >= 15 is 0 Å². The zero-order valence-corrected chi connectivity index (χ0v) is 12.6.